The molecule has 1 saturated heterocycles. The van der Waals surface area contributed by atoms with Gasteiger partial charge in [-0.25, -0.2) is 0 Å². The molecule has 216 valence electrons. The molecule has 2 aliphatic rings. The number of benzene rings is 2. The maximum absolute atomic E-state index is 11.8. The first-order valence-corrected chi connectivity index (χ1v) is 15.6. The lowest BCUT2D eigenvalue weighted by atomic mass is 9.92. The smallest absolute Gasteiger partial charge is 0.306 e. The number of hydrogen-bond acceptors (Lipinski definition) is 7. The largest absolute Gasteiger partial charge is 0.454 e. The van der Waals surface area contributed by atoms with E-state index in [2.05, 4.69) is 59.5 Å². The first kappa shape index (κ1) is 30.5. The maximum atomic E-state index is 11.8. The summed E-state index contributed by atoms with van der Waals surface area (Å²) in [5.74, 6) is 0.0564. The first-order valence-electron chi connectivity index (χ1n) is 14.6. The second-order valence-electron chi connectivity index (χ2n) is 10.8. The molecule has 2 aromatic carbocycles. The van der Waals surface area contributed by atoms with E-state index in [-0.39, 0.29) is 41.2 Å². The van der Waals surface area contributed by atoms with E-state index in [9.17, 15) is 14.7 Å². The molecule has 0 radical (unpaired) electrons. The molecule has 7 heteroatoms. The van der Waals surface area contributed by atoms with E-state index >= 15 is 0 Å². The molecular formula is C33H43NO5S. The van der Waals surface area contributed by atoms with E-state index < -0.39 is 0 Å². The fourth-order valence-corrected chi connectivity index (χ4v) is 6.30. The van der Waals surface area contributed by atoms with Gasteiger partial charge in [-0.2, -0.15) is 0 Å². The summed E-state index contributed by atoms with van der Waals surface area (Å²) in [6.07, 6.45) is 10.9. The topological polar surface area (TPSA) is 76.1 Å². The highest BCUT2D eigenvalue weighted by Gasteiger charge is 2.45. The fourth-order valence-electron chi connectivity index (χ4n) is 5.94. The fraction of sp³-hybridized carbons (Fsp3) is 0.515. The van der Waals surface area contributed by atoms with Gasteiger partial charge in [-0.05, 0) is 73.6 Å². The van der Waals surface area contributed by atoms with Gasteiger partial charge in [0.25, 0.3) is 0 Å². The molecule has 1 unspecified atom stereocenters. The van der Waals surface area contributed by atoms with Crippen molar-refractivity contribution in [3.8, 4) is 11.1 Å². The number of nitrogens with zero attached hydrogens (tertiary/aromatic N) is 1. The minimum absolute atomic E-state index is 0.0119. The summed E-state index contributed by atoms with van der Waals surface area (Å²) in [7, 11) is 0. The van der Waals surface area contributed by atoms with Crippen molar-refractivity contribution < 1.29 is 24.2 Å². The molecular weight excluding hydrogens is 522 g/mol. The average molecular weight is 566 g/mol. The van der Waals surface area contributed by atoms with Crippen LogP contribution in [-0.4, -0.2) is 58.4 Å². The van der Waals surface area contributed by atoms with E-state index in [1.807, 2.05) is 12.1 Å². The van der Waals surface area contributed by atoms with Crippen molar-refractivity contribution in [1.82, 2.24) is 4.90 Å². The molecule has 2 aromatic rings. The molecule has 1 aliphatic carbocycles. The lowest BCUT2D eigenvalue weighted by molar-refractivity contribution is -0.141. The number of esters is 1. The normalized spacial score (nSPS) is 23.4. The molecule has 0 amide bonds. The maximum Gasteiger partial charge on any atom is 0.306 e. The highest BCUT2D eigenvalue weighted by Crippen LogP contribution is 2.38. The summed E-state index contributed by atoms with van der Waals surface area (Å²) >= 11 is 0.999. The number of aliphatic hydroxyl groups excluding tert-OH is 1. The lowest BCUT2D eigenvalue weighted by Crippen LogP contribution is -2.47. The number of aliphatic hydroxyl groups is 1. The Kier molecular flexibility index (Phi) is 12.3. The van der Waals surface area contributed by atoms with Crippen LogP contribution in [-0.2, 0) is 25.7 Å². The predicted octanol–water partition coefficient (Wildman–Crippen LogP) is 6.37. The van der Waals surface area contributed by atoms with Gasteiger partial charge in [-0.1, -0.05) is 73.2 Å². The molecule has 1 heterocycles. The van der Waals surface area contributed by atoms with Crippen LogP contribution in [0.5, 0.6) is 0 Å². The van der Waals surface area contributed by atoms with Crippen molar-refractivity contribution >= 4 is 22.8 Å². The molecule has 4 atom stereocenters. The van der Waals surface area contributed by atoms with Crippen LogP contribution >= 0.6 is 11.8 Å². The van der Waals surface area contributed by atoms with Crippen LogP contribution in [0, 0.1) is 5.92 Å². The molecule has 6 nitrogen and oxygen atoms in total. The third-order valence-electron chi connectivity index (χ3n) is 7.95. The Bertz CT molecular complexity index is 1080. The zero-order valence-electron chi connectivity index (χ0n) is 23.6. The summed E-state index contributed by atoms with van der Waals surface area (Å²) in [6.45, 7) is 4.09. The van der Waals surface area contributed by atoms with Gasteiger partial charge in [0, 0.05) is 31.7 Å². The number of hydrogen-bond donors (Lipinski definition) is 1. The van der Waals surface area contributed by atoms with E-state index in [1.165, 1.54) is 37.3 Å². The van der Waals surface area contributed by atoms with E-state index in [4.69, 9.17) is 9.47 Å². The third kappa shape index (κ3) is 9.30. The molecule has 1 N–H and O–H groups in total. The summed E-state index contributed by atoms with van der Waals surface area (Å²) in [5.41, 5.74) is 3.54. The number of ether oxygens (including phenoxy) is 2. The van der Waals surface area contributed by atoms with E-state index in [0.717, 1.165) is 43.3 Å². The highest BCUT2D eigenvalue weighted by molar-refractivity contribution is 8.13. The Morgan fingerprint density at radius 3 is 2.40 bits per heavy atom. The number of carbonyl (C=O) groups excluding carboxylic acids is 2. The summed E-state index contributed by atoms with van der Waals surface area (Å²) in [6, 6.07) is 19.1. The molecule has 4 rings (SSSR count). The SMILES string of the molecule is CC(=O)SCOC(=O)CC/C=C\CCC1[C@@H](OCc2ccc(-c3ccccc3)cc2)C[C@@H](O)[C@@H]1N1CCCCC1. The van der Waals surface area contributed by atoms with Gasteiger partial charge in [-0.15, -0.1) is 0 Å². The van der Waals surface area contributed by atoms with Crippen molar-refractivity contribution in [2.24, 2.45) is 5.92 Å². The summed E-state index contributed by atoms with van der Waals surface area (Å²) in [5, 5.41) is 11.1. The van der Waals surface area contributed by atoms with Gasteiger partial charge in [-0.3, -0.25) is 14.5 Å². The Hall–Kier alpha value is -2.45. The second-order valence-corrected chi connectivity index (χ2v) is 11.9. The third-order valence-corrected chi connectivity index (χ3v) is 8.59. The predicted molar refractivity (Wildman–Crippen MR) is 161 cm³/mol. The molecule has 1 saturated carbocycles. The van der Waals surface area contributed by atoms with Crippen molar-refractivity contribution in [2.45, 2.75) is 83.1 Å². The first-order chi connectivity index (χ1) is 19.5. The number of allylic oxidation sites excluding steroid dienone is 2. The second kappa shape index (κ2) is 16.1. The average Bonchev–Trinajstić information content (AvgIpc) is 3.29. The Morgan fingerprint density at radius 1 is 0.975 bits per heavy atom. The number of thioether (sulfide) groups is 1. The van der Waals surface area contributed by atoms with Crippen LogP contribution in [0.25, 0.3) is 11.1 Å². The monoisotopic (exact) mass is 565 g/mol. The molecule has 2 fully saturated rings. The summed E-state index contributed by atoms with van der Waals surface area (Å²) in [4.78, 5) is 25.2. The number of carbonyl (C=O) groups is 2. The molecule has 40 heavy (non-hydrogen) atoms. The van der Waals surface area contributed by atoms with E-state index in [0.29, 0.717) is 25.9 Å². The number of rotatable bonds is 13. The quantitative estimate of drug-likeness (QED) is 0.172. The van der Waals surface area contributed by atoms with Crippen molar-refractivity contribution in [1.29, 1.82) is 0 Å². The van der Waals surface area contributed by atoms with Gasteiger partial charge in [0.2, 0.25) is 0 Å². The van der Waals surface area contributed by atoms with Crippen LogP contribution in [0.2, 0.25) is 0 Å². The van der Waals surface area contributed by atoms with Gasteiger partial charge in [0.1, 0.15) is 5.94 Å². The molecule has 0 bridgehead atoms. The zero-order valence-corrected chi connectivity index (χ0v) is 24.4. The van der Waals surface area contributed by atoms with Gasteiger partial charge in [0.05, 0.1) is 18.8 Å². The highest BCUT2D eigenvalue weighted by atomic mass is 32.2. The van der Waals surface area contributed by atoms with Crippen molar-refractivity contribution in [3.63, 3.8) is 0 Å². The Morgan fingerprint density at radius 2 is 1.68 bits per heavy atom. The van der Waals surface area contributed by atoms with E-state index in [1.54, 1.807) is 0 Å². The minimum atomic E-state index is -0.375. The van der Waals surface area contributed by atoms with Crippen molar-refractivity contribution in [3.05, 3.63) is 72.3 Å². The van der Waals surface area contributed by atoms with Crippen LogP contribution in [0.3, 0.4) is 0 Å². The van der Waals surface area contributed by atoms with Crippen LogP contribution in [0.15, 0.2) is 66.7 Å². The van der Waals surface area contributed by atoms with Gasteiger partial charge in [0.15, 0.2) is 5.12 Å². The van der Waals surface area contributed by atoms with Gasteiger partial charge < -0.3 is 14.6 Å². The number of likely N-dealkylation sites (tertiary alicyclic amines) is 1. The van der Waals surface area contributed by atoms with Crippen LogP contribution in [0.1, 0.15) is 63.9 Å². The minimum Gasteiger partial charge on any atom is -0.454 e. The molecule has 1 aliphatic heterocycles. The van der Waals surface area contributed by atoms with Gasteiger partial charge >= 0.3 is 5.97 Å². The zero-order chi connectivity index (χ0) is 28.2. The number of piperidine rings is 1. The Labute approximate surface area is 243 Å². The molecule has 0 aromatic heterocycles. The van der Waals surface area contributed by atoms with Crippen LogP contribution < -0.4 is 0 Å². The van der Waals surface area contributed by atoms with Crippen molar-refractivity contribution in [2.75, 3.05) is 19.0 Å². The molecule has 0 spiro atoms. The summed E-state index contributed by atoms with van der Waals surface area (Å²) < 4.78 is 11.6. The standard InChI is InChI=1S/C33H43NO5S/c1-25(35)40-24-39-32(37)15-9-3-2-8-14-29-31(22-30(36)33(29)34-20-10-5-11-21-34)38-23-26-16-18-28(19-17-26)27-12-6-4-7-13-27/h2-4,6-7,12-13,16-19,29-31,33,36H,5,8-11,14-15,20-24H2,1H3/b3-2-/t29?,30-,31+,33-/m1/s1. The Balaban J connectivity index is 1.30. The lowest BCUT2D eigenvalue weighted by Gasteiger charge is -2.38. The van der Waals surface area contributed by atoms with Crippen LogP contribution in [0.4, 0.5) is 0 Å².